The van der Waals surface area contributed by atoms with Crippen LogP contribution >= 0.6 is 15.9 Å². The lowest BCUT2D eigenvalue weighted by Gasteiger charge is -2.17. The number of esters is 1. The molecule has 1 N–H and O–H groups in total. The fourth-order valence-electron chi connectivity index (χ4n) is 2.41. The highest BCUT2D eigenvalue weighted by atomic mass is 79.9. The van der Waals surface area contributed by atoms with Gasteiger partial charge in [0.15, 0.2) is 9.84 Å². The summed E-state index contributed by atoms with van der Waals surface area (Å²) < 4.78 is 69.2. The molecule has 1 aliphatic rings. The van der Waals surface area contributed by atoms with Gasteiger partial charge in [-0.15, -0.1) is 0 Å². The molecule has 0 aromatic heterocycles. The molecule has 2 atom stereocenters. The topological polar surface area (TPSA) is 72.5 Å². The van der Waals surface area contributed by atoms with Gasteiger partial charge in [0, 0.05) is 11.0 Å². The van der Waals surface area contributed by atoms with Crippen LogP contribution in [0.15, 0.2) is 27.6 Å². The molecule has 0 saturated carbocycles. The monoisotopic (exact) mass is 415 g/mol. The highest BCUT2D eigenvalue weighted by molar-refractivity contribution is 9.10. The number of hydrogen-bond acceptors (Lipinski definition) is 5. The molecule has 0 aliphatic carbocycles. The smallest absolute Gasteiger partial charge is 0.417 e. The summed E-state index contributed by atoms with van der Waals surface area (Å²) in [6.07, 6.45) is -4.94. The molecule has 5 nitrogen and oxygen atoms in total. The summed E-state index contributed by atoms with van der Waals surface area (Å²) >= 11 is 2.91. The third-order valence-corrected chi connectivity index (χ3v) is 6.27. The first kappa shape index (κ1) is 18.2. The Morgan fingerprint density at radius 1 is 1.39 bits per heavy atom. The maximum atomic E-state index is 13.1. The minimum atomic E-state index is -4.81. The van der Waals surface area contributed by atoms with Crippen molar-refractivity contribution in [2.75, 3.05) is 13.7 Å². The fourth-order valence-corrected chi connectivity index (χ4v) is 4.63. The molecule has 23 heavy (non-hydrogen) atoms. The Morgan fingerprint density at radius 3 is 2.61 bits per heavy atom. The molecule has 0 unspecified atom stereocenters. The summed E-state index contributed by atoms with van der Waals surface area (Å²) in [4.78, 5) is 10.6. The van der Waals surface area contributed by atoms with Crippen LogP contribution in [0.5, 0.6) is 0 Å². The van der Waals surface area contributed by atoms with E-state index in [4.69, 9.17) is 0 Å². The second-order valence-corrected chi connectivity index (χ2v) is 8.14. The van der Waals surface area contributed by atoms with Crippen molar-refractivity contribution in [3.63, 3.8) is 0 Å². The average molecular weight is 416 g/mol. The van der Waals surface area contributed by atoms with Crippen molar-refractivity contribution in [1.82, 2.24) is 5.32 Å². The van der Waals surface area contributed by atoms with Crippen LogP contribution in [0.4, 0.5) is 13.2 Å². The number of ether oxygens (including phenoxy) is 1. The fraction of sp³-hybridized carbons (Fsp3) is 0.462. The number of hydrogen-bond donors (Lipinski definition) is 1. The maximum absolute atomic E-state index is 13.1. The van der Waals surface area contributed by atoms with Crippen molar-refractivity contribution in [3.8, 4) is 0 Å². The Kier molecular flexibility index (Phi) is 5.07. The molecule has 0 radical (unpaired) electrons. The van der Waals surface area contributed by atoms with Gasteiger partial charge in [0.05, 0.1) is 22.8 Å². The first-order chi connectivity index (χ1) is 10.6. The van der Waals surface area contributed by atoms with Crippen molar-refractivity contribution < 1.29 is 31.1 Å². The van der Waals surface area contributed by atoms with Gasteiger partial charge in [-0.2, -0.15) is 13.2 Å². The number of alkyl halides is 3. The SMILES string of the molecule is COC(=O)[C@@H]1C[C@@H](S(=O)(=O)c2ccc(Br)cc2C(F)(F)F)CN1. The van der Waals surface area contributed by atoms with Gasteiger partial charge in [0.25, 0.3) is 0 Å². The van der Waals surface area contributed by atoms with E-state index in [2.05, 4.69) is 26.0 Å². The summed E-state index contributed by atoms with van der Waals surface area (Å²) in [5.74, 6) is -0.644. The normalized spacial score (nSPS) is 22.1. The maximum Gasteiger partial charge on any atom is 0.417 e. The zero-order valence-electron chi connectivity index (χ0n) is 11.9. The van der Waals surface area contributed by atoms with Crippen molar-refractivity contribution in [2.45, 2.75) is 28.8 Å². The van der Waals surface area contributed by atoms with E-state index in [1.165, 1.54) is 6.07 Å². The lowest BCUT2D eigenvalue weighted by Crippen LogP contribution is -2.31. The first-order valence-electron chi connectivity index (χ1n) is 6.49. The van der Waals surface area contributed by atoms with Crippen LogP contribution in [-0.4, -0.2) is 39.3 Å². The van der Waals surface area contributed by atoms with E-state index >= 15 is 0 Å². The molecule has 10 heteroatoms. The van der Waals surface area contributed by atoms with Crippen LogP contribution in [0, 0.1) is 0 Å². The largest absolute Gasteiger partial charge is 0.468 e. The number of carbonyl (C=O) groups excluding carboxylic acids is 1. The van der Waals surface area contributed by atoms with E-state index in [9.17, 15) is 26.4 Å². The van der Waals surface area contributed by atoms with Gasteiger partial charge in [-0.25, -0.2) is 8.42 Å². The second-order valence-electron chi connectivity index (χ2n) is 5.02. The molecule has 128 valence electrons. The third-order valence-electron chi connectivity index (χ3n) is 3.57. The summed E-state index contributed by atoms with van der Waals surface area (Å²) in [5.41, 5.74) is -1.23. The van der Waals surface area contributed by atoms with Crippen molar-refractivity contribution >= 4 is 31.7 Å². The van der Waals surface area contributed by atoms with Crippen LogP contribution < -0.4 is 5.32 Å². The van der Waals surface area contributed by atoms with Gasteiger partial charge >= 0.3 is 12.1 Å². The van der Waals surface area contributed by atoms with Gasteiger partial charge < -0.3 is 10.1 Å². The number of carbonyl (C=O) groups is 1. The minimum Gasteiger partial charge on any atom is -0.468 e. The van der Waals surface area contributed by atoms with Crippen LogP contribution in [0.1, 0.15) is 12.0 Å². The summed E-state index contributed by atoms with van der Waals surface area (Å²) in [6, 6.07) is 2.05. The summed E-state index contributed by atoms with van der Waals surface area (Å²) in [6.45, 7) is -0.116. The number of rotatable bonds is 3. The number of halogens is 4. The molecule has 1 aromatic rings. The molecule has 0 spiro atoms. The molecule has 1 aliphatic heterocycles. The van der Waals surface area contributed by atoms with Gasteiger partial charge in [-0.3, -0.25) is 4.79 Å². The average Bonchev–Trinajstić information content (AvgIpc) is 2.95. The molecule has 0 bridgehead atoms. The van der Waals surface area contributed by atoms with Crippen LogP contribution in [0.2, 0.25) is 0 Å². The van der Waals surface area contributed by atoms with E-state index in [1.807, 2.05) is 0 Å². The second kappa shape index (κ2) is 6.40. The standard InChI is InChI=1S/C13H13BrF3NO4S/c1-22-12(19)10-5-8(6-18-10)23(20,21)11-3-2-7(14)4-9(11)13(15,16)17/h2-4,8,10,18H,5-6H2,1H3/t8-,10+/m1/s1. The number of benzene rings is 1. The van der Waals surface area contributed by atoms with E-state index < -0.39 is 43.7 Å². The quantitative estimate of drug-likeness (QED) is 0.765. The van der Waals surface area contributed by atoms with Crippen LogP contribution in [-0.2, 0) is 25.5 Å². The lowest BCUT2D eigenvalue weighted by molar-refractivity contribution is -0.142. The number of nitrogens with one attached hydrogen (secondary N) is 1. The van der Waals surface area contributed by atoms with E-state index in [-0.39, 0.29) is 17.4 Å². The predicted octanol–water partition coefficient (Wildman–Crippen LogP) is 2.15. The Hall–Kier alpha value is -1.13. The molecule has 1 fully saturated rings. The highest BCUT2D eigenvalue weighted by Crippen LogP contribution is 2.38. The van der Waals surface area contributed by atoms with Crippen molar-refractivity contribution in [2.24, 2.45) is 0 Å². The lowest BCUT2D eigenvalue weighted by atomic mass is 10.2. The van der Waals surface area contributed by atoms with Crippen LogP contribution in [0.3, 0.4) is 0 Å². The molecule has 1 heterocycles. The van der Waals surface area contributed by atoms with E-state index in [1.54, 1.807) is 0 Å². The third kappa shape index (κ3) is 3.69. The summed E-state index contributed by atoms with van der Waals surface area (Å²) in [5, 5.41) is 1.53. The molecular formula is C13H13BrF3NO4S. The molecule has 2 rings (SSSR count). The van der Waals surface area contributed by atoms with Gasteiger partial charge in [0.1, 0.15) is 6.04 Å². The summed E-state index contributed by atoms with van der Waals surface area (Å²) in [7, 11) is -3.10. The molecular weight excluding hydrogens is 403 g/mol. The Balaban J connectivity index is 2.40. The van der Waals surface area contributed by atoms with Crippen molar-refractivity contribution in [3.05, 3.63) is 28.2 Å². The Morgan fingerprint density at radius 2 is 2.04 bits per heavy atom. The molecule has 1 aromatic carbocycles. The zero-order chi connectivity index (χ0) is 17.4. The Bertz CT molecular complexity index is 720. The Labute approximate surface area is 139 Å². The predicted molar refractivity (Wildman–Crippen MR) is 78.5 cm³/mol. The van der Waals surface area contributed by atoms with Gasteiger partial charge in [0.2, 0.25) is 0 Å². The number of methoxy groups -OCH3 is 1. The zero-order valence-corrected chi connectivity index (χ0v) is 14.3. The van der Waals surface area contributed by atoms with Crippen molar-refractivity contribution in [1.29, 1.82) is 0 Å². The van der Waals surface area contributed by atoms with Gasteiger partial charge in [-0.05, 0) is 24.6 Å². The first-order valence-corrected chi connectivity index (χ1v) is 8.83. The van der Waals surface area contributed by atoms with Gasteiger partial charge in [-0.1, -0.05) is 15.9 Å². The van der Waals surface area contributed by atoms with Crippen LogP contribution in [0.25, 0.3) is 0 Å². The minimum absolute atomic E-state index is 0.116. The number of sulfone groups is 1. The highest BCUT2D eigenvalue weighted by Gasteiger charge is 2.43. The van der Waals surface area contributed by atoms with E-state index in [0.717, 1.165) is 19.2 Å². The molecule has 0 amide bonds. The molecule has 1 saturated heterocycles. The van der Waals surface area contributed by atoms with E-state index in [0.29, 0.717) is 0 Å².